The van der Waals surface area contributed by atoms with E-state index in [0.717, 1.165) is 6.07 Å². The fourth-order valence-electron chi connectivity index (χ4n) is 0.807. The van der Waals surface area contributed by atoms with Gasteiger partial charge in [0.2, 0.25) is 0 Å². The molecule has 4 nitrogen and oxygen atoms in total. The second-order valence-electron chi connectivity index (χ2n) is 2.17. The molecule has 0 saturated carbocycles. The van der Waals surface area contributed by atoms with Crippen LogP contribution in [0.4, 0.5) is 5.69 Å². The number of halogens is 2. The number of nitro benzene ring substituents is 1. The standard InChI is InChI=1S/C7H3Cl2NO3/c8-5-1-2-6(10(12)13)7(9)4(5)3-11/h1-3H. The van der Waals surface area contributed by atoms with Gasteiger partial charge in [-0.1, -0.05) is 23.2 Å². The SMILES string of the molecule is O=Cc1c(Cl)ccc([N+](=O)[O-])c1Cl. The minimum Gasteiger partial charge on any atom is -0.298 e. The zero-order valence-corrected chi connectivity index (χ0v) is 7.67. The Morgan fingerprint density at radius 2 is 2.00 bits per heavy atom. The van der Waals surface area contributed by atoms with E-state index >= 15 is 0 Å². The molecular formula is C7H3Cl2NO3. The molecule has 0 radical (unpaired) electrons. The number of aldehydes is 1. The van der Waals surface area contributed by atoms with Crippen LogP contribution < -0.4 is 0 Å². The molecule has 1 rings (SSSR count). The molecule has 0 aliphatic rings. The molecule has 1 aromatic rings. The molecule has 0 bridgehead atoms. The Balaban J connectivity index is 3.44. The molecule has 0 heterocycles. The smallest absolute Gasteiger partial charge is 0.288 e. The minimum atomic E-state index is -0.675. The van der Waals surface area contributed by atoms with Crippen LogP contribution >= 0.6 is 23.2 Å². The lowest BCUT2D eigenvalue weighted by atomic mass is 10.2. The highest BCUT2D eigenvalue weighted by Gasteiger charge is 2.17. The summed E-state index contributed by atoms with van der Waals surface area (Å²) < 4.78 is 0. The van der Waals surface area contributed by atoms with Gasteiger partial charge in [0.15, 0.2) is 6.29 Å². The molecule has 1 aromatic carbocycles. The average molecular weight is 220 g/mol. The van der Waals surface area contributed by atoms with E-state index in [0.29, 0.717) is 6.29 Å². The van der Waals surface area contributed by atoms with E-state index in [1.54, 1.807) is 0 Å². The Kier molecular flexibility index (Phi) is 2.85. The van der Waals surface area contributed by atoms with E-state index in [-0.39, 0.29) is 21.3 Å². The Hall–Kier alpha value is -1.13. The van der Waals surface area contributed by atoms with Gasteiger partial charge < -0.3 is 0 Å². The topological polar surface area (TPSA) is 60.2 Å². The van der Waals surface area contributed by atoms with Gasteiger partial charge in [0, 0.05) is 6.07 Å². The summed E-state index contributed by atoms with van der Waals surface area (Å²) in [6, 6.07) is 2.41. The number of carbonyl (C=O) groups excluding carboxylic acids is 1. The van der Waals surface area contributed by atoms with Crippen molar-refractivity contribution in [1.82, 2.24) is 0 Å². The van der Waals surface area contributed by atoms with Crippen LogP contribution in [0.5, 0.6) is 0 Å². The number of nitro groups is 1. The molecule has 0 saturated heterocycles. The number of rotatable bonds is 2. The number of hydrogen-bond acceptors (Lipinski definition) is 3. The summed E-state index contributed by atoms with van der Waals surface area (Å²) in [7, 11) is 0. The first-order valence-electron chi connectivity index (χ1n) is 3.15. The Bertz CT molecular complexity index is 378. The molecule has 0 atom stereocenters. The lowest BCUT2D eigenvalue weighted by Gasteiger charge is -1.99. The van der Waals surface area contributed by atoms with Crippen molar-refractivity contribution in [3.05, 3.63) is 37.9 Å². The molecule has 0 unspecified atom stereocenters. The molecule has 6 heteroatoms. The van der Waals surface area contributed by atoms with Crippen LogP contribution in [-0.4, -0.2) is 11.2 Å². The van der Waals surface area contributed by atoms with Crippen molar-refractivity contribution in [3.63, 3.8) is 0 Å². The number of carbonyl (C=O) groups is 1. The number of nitrogens with zero attached hydrogens (tertiary/aromatic N) is 1. The van der Waals surface area contributed by atoms with Crippen molar-refractivity contribution in [2.75, 3.05) is 0 Å². The maximum Gasteiger partial charge on any atom is 0.288 e. The second-order valence-corrected chi connectivity index (χ2v) is 2.95. The monoisotopic (exact) mass is 219 g/mol. The lowest BCUT2D eigenvalue weighted by Crippen LogP contribution is -1.93. The normalized spacial score (nSPS) is 9.69. The Morgan fingerprint density at radius 3 is 2.46 bits per heavy atom. The first-order chi connectivity index (χ1) is 6.07. The fourth-order valence-corrected chi connectivity index (χ4v) is 1.34. The predicted molar refractivity (Wildman–Crippen MR) is 48.5 cm³/mol. The first-order valence-corrected chi connectivity index (χ1v) is 3.91. The quantitative estimate of drug-likeness (QED) is 0.437. The van der Waals surface area contributed by atoms with Crippen LogP contribution in [0.1, 0.15) is 10.4 Å². The van der Waals surface area contributed by atoms with Gasteiger partial charge in [-0.3, -0.25) is 14.9 Å². The Morgan fingerprint density at radius 1 is 1.38 bits per heavy atom. The zero-order chi connectivity index (χ0) is 10.0. The van der Waals surface area contributed by atoms with Crippen LogP contribution in [-0.2, 0) is 0 Å². The lowest BCUT2D eigenvalue weighted by molar-refractivity contribution is -0.384. The first kappa shape index (κ1) is 9.95. The third kappa shape index (κ3) is 1.79. The molecule has 0 amide bonds. The van der Waals surface area contributed by atoms with Crippen molar-refractivity contribution in [3.8, 4) is 0 Å². The maximum atomic E-state index is 10.4. The fraction of sp³-hybridized carbons (Fsp3) is 0. The van der Waals surface area contributed by atoms with E-state index in [2.05, 4.69) is 0 Å². The van der Waals surface area contributed by atoms with Crippen molar-refractivity contribution >= 4 is 35.2 Å². The second kappa shape index (κ2) is 3.72. The van der Waals surface area contributed by atoms with Crippen LogP contribution in [0, 0.1) is 10.1 Å². The van der Waals surface area contributed by atoms with Crippen LogP contribution in [0.2, 0.25) is 10.0 Å². The van der Waals surface area contributed by atoms with E-state index in [1.165, 1.54) is 6.07 Å². The highest BCUT2D eigenvalue weighted by atomic mass is 35.5. The summed E-state index contributed by atoms with van der Waals surface area (Å²) in [5.41, 5.74) is -0.384. The van der Waals surface area contributed by atoms with E-state index < -0.39 is 4.92 Å². The van der Waals surface area contributed by atoms with Crippen LogP contribution in [0.3, 0.4) is 0 Å². The van der Waals surface area contributed by atoms with Crippen molar-refractivity contribution in [2.24, 2.45) is 0 Å². The molecule has 13 heavy (non-hydrogen) atoms. The summed E-state index contributed by atoms with van der Waals surface area (Å²) >= 11 is 11.1. The van der Waals surface area contributed by atoms with Gasteiger partial charge in [0.05, 0.1) is 15.5 Å². The summed E-state index contributed by atoms with van der Waals surface area (Å²) in [6.07, 6.45) is 0.387. The van der Waals surface area contributed by atoms with Gasteiger partial charge in [-0.15, -0.1) is 0 Å². The van der Waals surface area contributed by atoms with Gasteiger partial charge in [-0.25, -0.2) is 0 Å². The van der Waals surface area contributed by atoms with E-state index in [4.69, 9.17) is 23.2 Å². The van der Waals surface area contributed by atoms with Gasteiger partial charge in [-0.05, 0) is 6.07 Å². The van der Waals surface area contributed by atoms with E-state index in [9.17, 15) is 14.9 Å². The largest absolute Gasteiger partial charge is 0.298 e. The maximum absolute atomic E-state index is 10.4. The van der Waals surface area contributed by atoms with E-state index in [1.807, 2.05) is 0 Å². The minimum absolute atomic E-state index is 0.0578. The molecule has 68 valence electrons. The van der Waals surface area contributed by atoms with Gasteiger partial charge in [0.1, 0.15) is 5.02 Å². The van der Waals surface area contributed by atoms with Crippen LogP contribution in [0.15, 0.2) is 12.1 Å². The summed E-state index contributed by atoms with van der Waals surface area (Å²) in [6.45, 7) is 0. The Labute approximate surface area is 83.2 Å². The molecule has 0 N–H and O–H groups in total. The van der Waals surface area contributed by atoms with Gasteiger partial charge in [0.25, 0.3) is 5.69 Å². The van der Waals surface area contributed by atoms with Gasteiger partial charge in [-0.2, -0.15) is 0 Å². The van der Waals surface area contributed by atoms with Crippen LogP contribution in [0.25, 0.3) is 0 Å². The zero-order valence-electron chi connectivity index (χ0n) is 6.16. The predicted octanol–water partition coefficient (Wildman–Crippen LogP) is 2.71. The number of benzene rings is 1. The highest BCUT2D eigenvalue weighted by Crippen LogP contribution is 2.31. The average Bonchev–Trinajstić information content (AvgIpc) is 2.04. The van der Waals surface area contributed by atoms with Crippen molar-refractivity contribution < 1.29 is 9.72 Å². The molecule has 0 aliphatic carbocycles. The number of hydrogen-bond donors (Lipinski definition) is 0. The highest BCUT2D eigenvalue weighted by molar-refractivity contribution is 6.39. The molecule has 0 aromatic heterocycles. The van der Waals surface area contributed by atoms with Crippen molar-refractivity contribution in [1.29, 1.82) is 0 Å². The molecule has 0 spiro atoms. The summed E-state index contributed by atoms with van der Waals surface area (Å²) in [4.78, 5) is 20.1. The summed E-state index contributed by atoms with van der Waals surface area (Å²) in [5, 5.41) is 10.2. The molecular weight excluding hydrogens is 217 g/mol. The summed E-state index contributed by atoms with van der Waals surface area (Å²) in [5.74, 6) is 0. The van der Waals surface area contributed by atoms with Crippen molar-refractivity contribution in [2.45, 2.75) is 0 Å². The third-order valence-corrected chi connectivity index (χ3v) is 2.15. The third-order valence-electron chi connectivity index (χ3n) is 1.42. The van der Waals surface area contributed by atoms with Gasteiger partial charge >= 0.3 is 0 Å². The molecule has 0 fully saturated rings. The molecule has 0 aliphatic heterocycles.